The lowest BCUT2D eigenvalue weighted by atomic mass is 10.1. The van der Waals surface area contributed by atoms with Gasteiger partial charge in [-0.2, -0.15) is 0 Å². The number of aliphatic hydroxyl groups is 1. The number of hydrogen-bond acceptors (Lipinski definition) is 4. The molecule has 4 nitrogen and oxygen atoms in total. The zero-order valence-corrected chi connectivity index (χ0v) is 15.7. The molecular formula is C21H26ClN3O. The number of piperazine rings is 1. The van der Waals surface area contributed by atoms with Crippen LogP contribution in [0.4, 0.5) is 5.69 Å². The molecule has 2 aliphatic heterocycles. The molecule has 0 aromatic heterocycles. The highest BCUT2D eigenvalue weighted by Gasteiger charge is 2.36. The van der Waals surface area contributed by atoms with E-state index in [1.807, 2.05) is 24.3 Å². The van der Waals surface area contributed by atoms with E-state index in [4.69, 9.17) is 11.6 Å². The molecule has 0 unspecified atom stereocenters. The van der Waals surface area contributed by atoms with Gasteiger partial charge in [0, 0.05) is 62.6 Å². The monoisotopic (exact) mass is 371 g/mol. The summed E-state index contributed by atoms with van der Waals surface area (Å²) in [6.07, 6.45) is -0.267. The van der Waals surface area contributed by atoms with Gasteiger partial charge < -0.3 is 10.0 Å². The highest BCUT2D eigenvalue weighted by atomic mass is 35.5. The molecule has 0 saturated carbocycles. The lowest BCUT2D eigenvalue weighted by Gasteiger charge is -2.40. The largest absolute Gasteiger partial charge is 0.390 e. The molecule has 0 aliphatic carbocycles. The summed E-state index contributed by atoms with van der Waals surface area (Å²) in [6, 6.07) is 18.8. The highest BCUT2D eigenvalue weighted by molar-refractivity contribution is 6.30. The molecule has 4 rings (SSSR count). The third-order valence-corrected chi connectivity index (χ3v) is 5.78. The van der Waals surface area contributed by atoms with Crippen LogP contribution in [-0.4, -0.2) is 66.3 Å². The summed E-state index contributed by atoms with van der Waals surface area (Å²) < 4.78 is 0. The van der Waals surface area contributed by atoms with Crippen molar-refractivity contribution in [2.24, 2.45) is 0 Å². The smallest absolute Gasteiger partial charge is 0.0834 e. The van der Waals surface area contributed by atoms with Gasteiger partial charge in [0.15, 0.2) is 0 Å². The summed E-state index contributed by atoms with van der Waals surface area (Å²) in [6.45, 7) is 6.52. The number of halogens is 1. The van der Waals surface area contributed by atoms with E-state index in [9.17, 15) is 5.11 Å². The lowest BCUT2D eigenvalue weighted by Crippen LogP contribution is -2.53. The molecular weight excluding hydrogens is 346 g/mol. The van der Waals surface area contributed by atoms with Crippen LogP contribution in [0.5, 0.6) is 0 Å². The normalized spacial score (nSPS) is 24.9. The molecule has 0 radical (unpaired) electrons. The molecule has 0 spiro atoms. The molecule has 0 amide bonds. The van der Waals surface area contributed by atoms with Crippen LogP contribution in [0.25, 0.3) is 0 Å². The minimum atomic E-state index is -0.267. The summed E-state index contributed by atoms with van der Waals surface area (Å²) in [4.78, 5) is 7.20. The average molecular weight is 372 g/mol. The van der Waals surface area contributed by atoms with Crippen LogP contribution in [0.15, 0.2) is 54.6 Å². The van der Waals surface area contributed by atoms with Crippen molar-refractivity contribution < 1.29 is 5.11 Å². The molecule has 2 atom stereocenters. The number of rotatable bonds is 4. The van der Waals surface area contributed by atoms with Gasteiger partial charge >= 0.3 is 0 Å². The Bertz CT molecular complexity index is 718. The van der Waals surface area contributed by atoms with Gasteiger partial charge in [0.2, 0.25) is 0 Å². The van der Waals surface area contributed by atoms with Crippen LogP contribution in [-0.2, 0) is 6.54 Å². The second-order valence-corrected chi connectivity index (χ2v) is 7.75. The fourth-order valence-corrected chi connectivity index (χ4v) is 4.35. The van der Waals surface area contributed by atoms with E-state index in [0.29, 0.717) is 0 Å². The third-order valence-electron chi connectivity index (χ3n) is 5.54. The molecule has 5 heteroatoms. The van der Waals surface area contributed by atoms with Gasteiger partial charge in [0.25, 0.3) is 0 Å². The van der Waals surface area contributed by atoms with Gasteiger partial charge in [-0.25, -0.2) is 0 Å². The molecule has 138 valence electrons. The molecule has 2 aromatic carbocycles. The summed E-state index contributed by atoms with van der Waals surface area (Å²) in [7, 11) is 0. The second kappa shape index (κ2) is 7.97. The predicted molar refractivity (Wildman–Crippen MR) is 107 cm³/mol. The maximum absolute atomic E-state index is 10.6. The van der Waals surface area contributed by atoms with E-state index in [-0.39, 0.29) is 12.1 Å². The van der Waals surface area contributed by atoms with E-state index >= 15 is 0 Å². The molecule has 26 heavy (non-hydrogen) atoms. The molecule has 2 saturated heterocycles. The zero-order valence-electron chi connectivity index (χ0n) is 15.0. The summed E-state index contributed by atoms with van der Waals surface area (Å²) >= 11 is 6.12. The summed E-state index contributed by atoms with van der Waals surface area (Å²) in [5.41, 5.74) is 2.50. The van der Waals surface area contributed by atoms with Crippen molar-refractivity contribution in [3.8, 4) is 0 Å². The summed E-state index contributed by atoms with van der Waals surface area (Å²) in [5.74, 6) is 0. The number of hydrogen-bond donors (Lipinski definition) is 1. The molecule has 1 N–H and O–H groups in total. The number of likely N-dealkylation sites (tertiary alicyclic amines) is 1. The SMILES string of the molecule is O[C@@H]1CN(Cc2ccccc2)C[C@H]1N1CCN(c2cccc(Cl)c2)CC1. The van der Waals surface area contributed by atoms with Crippen LogP contribution in [0.2, 0.25) is 5.02 Å². The third kappa shape index (κ3) is 4.04. The topological polar surface area (TPSA) is 30.0 Å². The van der Waals surface area contributed by atoms with Crippen molar-refractivity contribution >= 4 is 17.3 Å². The van der Waals surface area contributed by atoms with E-state index in [1.165, 1.54) is 11.3 Å². The Balaban J connectivity index is 1.33. The van der Waals surface area contributed by atoms with Gasteiger partial charge in [0.1, 0.15) is 0 Å². The zero-order chi connectivity index (χ0) is 17.9. The maximum Gasteiger partial charge on any atom is 0.0834 e. The Kier molecular flexibility index (Phi) is 5.46. The minimum absolute atomic E-state index is 0.236. The Labute approximate surface area is 160 Å². The number of benzene rings is 2. The van der Waals surface area contributed by atoms with Crippen LogP contribution >= 0.6 is 11.6 Å². The van der Waals surface area contributed by atoms with E-state index in [0.717, 1.165) is 50.8 Å². The average Bonchev–Trinajstić information content (AvgIpc) is 3.03. The fourth-order valence-electron chi connectivity index (χ4n) is 4.16. The first kappa shape index (κ1) is 17.8. The Hall–Kier alpha value is -1.59. The second-order valence-electron chi connectivity index (χ2n) is 7.32. The maximum atomic E-state index is 10.6. The minimum Gasteiger partial charge on any atom is -0.390 e. The van der Waals surface area contributed by atoms with Gasteiger partial charge in [-0.1, -0.05) is 48.0 Å². The van der Waals surface area contributed by atoms with Crippen molar-refractivity contribution in [2.75, 3.05) is 44.2 Å². The van der Waals surface area contributed by atoms with Crippen molar-refractivity contribution in [3.63, 3.8) is 0 Å². The first-order valence-electron chi connectivity index (χ1n) is 9.38. The van der Waals surface area contributed by atoms with Crippen LogP contribution in [0.1, 0.15) is 5.56 Å². The molecule has 0 bridgehead atoms. The van der Waals surface area contributed by atoms with Crippen LogP contribution in [0.3, 0.4) is 0 Å². The first-order chi connectivity index (χ1) is 12.7. The number of nitrogens with zero attached hydrogens (tertiary/aromatic N) is 3. The van der Waals surface area contributed by atoms with Crippen molar-refractivity contribution in [2.45, 2.75) is 18.7 Å². The fraction of sp³-hybridized carbons (Fsp3) is 0.429. The van der Waals surface area contributed by atoms with Gasteiger partial charge in [-0.05, 0) is 23.8 Å². The lowest BCUT2D eigenvalue weighted by molar-refractivity contribution is 0.0791. The molecule has 2 aliphatic rings. The van der Waals surface area contributed by atoms with Gasteiger partial charge in [0.05, 0.1) is 6.10 Å². The molecule has 2 heterocycles. The number of aliphatic hydroxyl groups excluding tert-OH is 1. The van der Waals surface area contributed by atoms with Gasteiger partial charge in [-0.3, -0.25) is 9.80 Å². The Morgan fingerprint density at radius 2 is 1.69 bits per heavy atom. The van der Waals surface area contributed by atoms with E-state index in [2.05, 4.69) is 45.0 Å². The quantitative estimate of drug-likeness (QED) is 0.895. The number of anilines is 1. The Morgan fingerprint density at radius 3 is 2.42 bits per heavy atom. The van der Waals surface area contributed by atoms with Crippen LogP contribution in [0, 0.1) is 0 Å². The van der Waals surface area contributed by atoms with Crippen molar-refractivity contribution in [1.29, 1.82) is 0 Å². The van der Waals surface area contributed by atoms with Gasteiger partial charge in [-0.15, -0.1) is 0 Å². The van der Waals surface area contributed by atoms with Crippen molar-refractivity contribution in [3.05, 3.63) is 65.2 Å². The van der Waals surface area contributed by atoms with E-state index in [1.54, 1.807) is 0 Å². The molecule has 2 fully saturated rings. The number of β-amino-alcohol motifs (C(OH)–C–C–N with tert-alkyl or cyclic N) is 1. The van der Waals surface area contributed by atoms with Crippen LogP contribution < -0.4 is 4.90 Å². The summed E-state index contributed by atoms with van der Waals surface area (Å²) in [5, 5.41) is 11.4. The predicted octanol–water partition coefficient (Wildman–Crippen LogP) is 2.71. The first-order valence-corrected chi connectivity index (χ1v) is 9.76. The molecule has 2 aromatic rings. The standard InChI is InChI=1S/C21H26ClN3O/c22-18-7-4-8-19(13-18)24-9-11-25(12-10-24)20-15-23(16-21(20)26)14-17-5-2-1-3-6-17/h1-8,13,20-21,26H,9-12,14-16H2/t20-,21-/m1/s1. The Morgan fingerprint density at radius 1 is 0.923 bits per heavy atom. The van der Waals surface area contributed by atoms with E-state index < -0.39 is 0 Å². The van der Waals surface area contributed by atoms with Crippen molar-refractivity contribution in [1.82, 2.24) is 9.80 Å². The highest BCUT2D eigenvalue weighted by Crippen LogP contribution is 2.24.